The molecule has 0 amide bonds. The predicted molar refractivity (Wildman–Crippen MR) is 79.8 cm³/mol. The summed E-state index contributed by atoms with van der Waals surface area (Å²) in [5.41, 5.74) is 6.59. The van der Waals surface area contributed by atoms with Crippen molar-refractivity contribution in [1.29, 1.82) is 0 Å². The number of benzene rings is 1. The smallest absolute Gasteiger partial charge is 0.119 e. The number of methoxy groups -OCH3 is 1. The lowest BCUT2D eigenvalue weighted by Gasteiger charge is -2.26. The highest BCUT2D eigenvalue weighted by Gasteiger charge is 2.14. The third-order valence-corrected chi connectivity index (χ3v) is 3.26. The highest BCUT2D eigenvalue weighted by molar-refractivity contribution is 5.27. The van der Waals surface area contributed by atoms with E-state index in [0.29, 0.717) is 19.7 Å². The molecule has 0 saturated carbocycles. The summed E-state index contributed by atoms with van der Waals surface area (Å²) < 4.78 is 10.7. The van der Waals surface area contributed by atoms with Gasteiger partial charge in [0.2, 0.25) is 0 Å². The Morgan fingerprint density at radius 3 is 2.45 bits per heavy atom. The number of rotatable bonds is 9. The van der Waals surface area contributed by atoms with Crippen LogP contribution in [0, 0.1) is 0 Å². The maximum Gasteiger partial charge on any atom is 0.119 e. The maximum atomic E-state index is 9.97. The van der Waals surface area contributed by atoms with E-state index in [2.05, 4.69) is 11.8 Å². The number of aliphatic hydroxyl groups is 1. The van der Waals surface area contributed by atoms with E-state index in [1.807, 2.05) is 31.3 Å². The van der Waals surface area contributed by atoms with Crippen LogP contribution in [0.3, 0.4) is 0 Å². The van der Waals surface area contributed by atoms with Crippen LogP contribution in [0.5, 0.6) is 5.75 Å². The van der Waals surface area contributed by atoms with E-state index in [-0.39, 0.29) is 12.6 Å². The monoisotopic (exact) mass is 282 g/mol. The molecule has 0 spiro atoms. The lowest BCUT2D eigenvalue weighted by Crippen LogP contribution is -2.40. The molecule has 2 atom stereocenters. The zero-order chi connectivity index (χ0) is 15.0. The Morgan fingerprint density at radius 1 is 1.25 bits per heavy atom. The molecule has 0 aliphatic heterocycles. The molecule has 1 aromatic carbocycles. The number of aliphatic hydroxyl groups excluding tert-OH is 1. The average molecular weight is 282 g/mol. The van der Waals surface area contributed by atoms with E-state index in [9.17, 15) is 5.11 Å². The van der Waals surface area contributed by atoms with E-state index in [1.165, 1.54) is 0 Å². The van der Waals surface area contributed by atoms with E-state index in [1.54, 1.807) is 7.11 Å². The number of nitrogens with two attached hydrogens (primary N) is 1. The van der Waals surface area contributed by atoms with Crippen LogP contribution >= 0.6 is 0 Å². The molecule has 0 radical (unpaired) electrons. The molecule has 2 unspecified atom stereocenters. The molecule has 5 heteroatoms. The minimum absolute atomic E-state index is 0.262. The molecule has 1 aromatic rings. The molecule has 0 aliphatic carbocycles. The molecule has 5 nitrogen and oxygen atoms in total. The van der Waals surface area contributed by atoms with Crippen molar-refractivity contribution in [3.05, 3.63) is 29.8 Å². The lowest BCUT2D eigenvalue weighted by molar-refractivity contribution is 0.0466. The highest BCUT2D eigenvalue weighted by Crippen LogP contribution is 2.12. The normalized spacial score (nSPS) is 14.3. The van der Waals surface area contributed by atoms with Gasteiger partial charge in [0.25, 0.3) is 0 Å². The van der Waals surface area contributed by atoms with Gasteiger partial charge in [-0.25, -0.2) is 0 Å². The van der Waals surface area contributed by atoms with E-state index in [4.69, 9.17) is 15.2 Å². The van der Waals surface area contributed by atoms with Crippen molar-refractivity contribution in [2.45, 2.75) is 25.6 Å². The van der Waals surface area contributed by atoms with E-state index >= 15 is 0 Å². The summed E-state index contributed by atoms with van der Waals surface area (Å²) in [6.45, 7) is 4.04. The summed E-state index contributed by atoms with van der Waals surface area (Å²) in [7, 11) is 3.64. The Bertz CT molecular complexity index is 370. The first-order chi connectivity index (χ1) is 9.56. The maximum absolute atomic E-state index is 9.97. The van der Waals surface area contributed by atoms with Crippen LogP contribution in [-0.2, 0) is 11.3 Å². The summed E-state index contributed by atoms with van der Waals surface area (Å²) >= 11 is 0. The van der Waals surface area contributed by atoms with Gasteiger partial charge in [0.05, 0.1) is 6.61 Å². The second-order valence-electron chi connectivity index (χ2n) is 5.06. The largest absolute Gasteiger partial charge is 0.491 e. The summed E-state index contributed by atoms with van der Waals surface area (Å²) in [6.07, 6.45) is -0.534. The summed E-state index contributed by atoms with van der Waals surface area (Å²) in [4.78, 5) is 2.05. The number of hydrogen-bond donors (Lipinski definition) is 2. The topological polar surface area (TPSA) is 68.0 Å². The van der Waals surface area contributed by atoms with Crippen LogP contribution in [0.15, 0.2) is 24.3 Å². The fraction of sp³-hybridized carbons (Fsp3) is 0.600. The second-order valence-corrected chi connectivity index (χ2v) is 5.06. The van der Waals surface area contributed by atoms with Gasteiger partial charge in [0.1, 0.15) is 18.5 Å². The van der Waals surface area contributed by atoms with Crippen molar-refractivity contribution in [3.63, 3.8) is 0 Å². The van der Waals surface area contributed by atoms with Crippen molar-refractivity contribution >= 4 is 0 Å². The fourth-order valence-electron chi connectivity index (χ4n) is 1.85. The van der Waals surface area contributed by atoms with Gasteiger partial charge in [-0.3, -0.25) is 4.90 Å². The Morgan fingerprint density at radius 2 is 1.90 bits per heavy atom. The zero-order valence-corrected chi connectivity index (χ0v) is 12.6. The first-order valence-electron chi connectivity index (χ1n) is 6.85. The molecular weight excluding hydrogens is 256 g/mol. The van der Waals surface area contributed by atoms with Crippen molar-refractivity contribution < 1.29 is 14.6 Å². The third kappa shape index (κ3) is 5.88. The predicted octanol–water partition coefficient (Wildman–Crippen LogP) is 0.852. The molecule has 0 aliphatic rings. The summed E-state index contributed by atoms with van der Waals surface area (Å²) in [5.74, 6) is 0.744. The van der Waals surface area contributed by atoms with E-state index in [0.717, 1.165) is 11.3 Å². The second kappa shape index (κ2) is 8.92. The van der Waals surface area contributed by atoms with Gasteiger partial charge < -0.3 is 20.3 Å². The van der Waals surface area contributed by atoms with Crippen molar-refractivity contribution in [2.75, 3.05) is 33.9 Å². The number of hydrogen-bond acceptors (Lipinski definition) is 5. The van der Waals surface area contributed by atoms with Gasteiger partial charge in [0.15, 0.2) is 0 Å². The van der Waals surface area contributed by atoms with Crippen LogP contribution in [0.4, 0.5) is 0 Å². The molecule has 0 saturated heterocycles. The van der Waals surface area contributed by atoms with Crippen molar-refractivity contribution in [2.24, 2.45) is 5.73 Å². The number of likely N-dealkylation sites (N-methyl/N-ethyl adjacent to an activating group) is 1. The Labute approximate surface area is 121 Å². The van der Waals surface area contributed by atoms with Crippen LogP contribution < -0.4 is 10.5 Å². The molecule has 0 aromatic heterocycles. The molecule has 0 fully saturated rings. The number of nitrogens with zero attached hydrogens (tertiary/aromatic N) is 1. The third-order valence-electron chi connectivity index (χ3n) is 3.26. The number of ether oxygens (including phenoxy) is 2. The SMILES string of the molecule is COCC(C)N(C)CC(O)COc1ccc(CN)cc1. The molecule has 0 heterocycles. The van der Waals surface area contributed by atoms with Gasteiger partial charge in [-0.2, -0.15) is 0 Å². The Hall–Kier alpha value is -1.14. The molecule has 1 rings (SSSR count). The van der Waals surface area contributed by atoms with Gasteiger partial charge in [-0.05, 0) is 31.7 Å². The molecule has 114 valence electrons. The summed E-state index contributed by atoms with van der Waals surface area (Å²) in [5, 5.41) is 9.97. The molecule has 20 heavy (non-hydrogen) atoms. The van der Waals surface area contributed by atoms with Gasteiger partial charge in [0, 0.05) is 26.2 Å². The van der Waals surface area contributed by atoms with Gasteiger partial charge in [-0.15, -0.1) is 0 Å². The Kier molecular flexibility index (Phi) is 7.54. The van der Waals surface area contributed by atoms with E-state index < -0.39 is 6.10 Å². The van der Waals surface area contributed by atoms with Crippen molar-refractivity contribution in [3.8, 4) is 5.75 Å². The standard InChI is InChI=1S/C15H26N2O3/c1-12(10-19-3)17(2)9-14(18)11-20-15-6-4-13(8-16)5-7-15/h4-7,12,14,18H,8-11,16H2,1-3H3. The quantitative estimate of drug-likeness (QED) is 0.703. The minimum Gasteiger partial charge on any atom is -0.491 e. The highest BCUT2D eigenvalue weighted by atomic mass is 16.5. The van der Waals surface area contributed by atoms with Crippen LogP contribution in [0.1, 0.15) is 12.5 Å². The van der Waals surface area contributed by atoms with Crippen molar-refractivity contribution in [1.82, 2.24) is 4.90 Å². The Balaban J connectivity index is 2.33. The zero-order valence-electron chi connectivity index (χ0n) is 12.6. The first-order valence-corrected chi connectivity index (χ1v) is 6.85. The fourth-order valence-corrected chi connectivity index (χ4v) is 1.85. The van der Waals surface area contributed by atoms with Crippen LogP contribution in [0.25, 0.3) is 0 Å². The van der Waals surface area contributed by atoms with Gasteiger partial charge >= 0.3 is 0 Å². The lowest BCUT2D eigenvalue weighted by atomic mass is 10.2. The average Bonchev–Trinajstić information content (AvgIpc) is 2.45. The molecule has 3 N–H and O–H groups in total. The minimum atomic E-state index is -0.534. The molecule has 0 bridgehead atoms. The van der Waals surface area contributed by atoms with Crippen LogP contribution in [-0.4, -0.2) is 56.1 Å². The van der Waals surface area contributed by atoms with Crippen LogP contribution in [0.2, 0.25) is 0 Å². The summed E-state index contributed by atoms with van der Waals surface area (Å²) in [6, 6.07) is 7.85. The molecular formula is C15H26N2O3. The van der Waals surface area contributed by atoms with Gasteiger partial charge in [-0.1, -0.05) is 12.1 Å². The first kappa shape index (κ1) is 16.9.